The van der Waals surface area contributed by atoms with Gasteiger partial charge in [-0.25, -0.2) is 0 Å². The van der Waals surface area contributed by atoms with E-state index < -0.39 is 13.9 Å². The molecule has 0 saturated heterocycles. The number of hydrogen-bond acceptors (Lipinski definition) is 3. The van der Waals surface area contributed by atoms with Crippen LogP contribution in [0.3, 0.4) is 0 Å². The van der Waals surface area contributed by atoms with E-state index in [4.69, 9.17) is 3.85 Å². The van der Waals surface area contributed by atoms with Gasteiger partial charge in [-0.1, -0.05) is 0 Å². The average molecular weight is 285 g/mol. The summed E-state index contributed by atoms with van der Waals surface area (Å²) < 4.78 is 17.2. The van der Waals surface area contributed by atoms with Crippen molar-refractivity contribution in [2.24, 2.45) is 5.92 Å². The van der Waals surface area contributed by atoms with Crippen LogP contribution in [0, 0.1) is 5.92 Å². The second kappa shape index (κ2) is 6.64. The quantitative estimate of drug-likeness (QED) is 0.793. The van der Waals surface area contributed by atoms with E-state index in [0.717, 1.165) is 51.4 Å². The minimum atomic E-state index is -1.74. The Bertz CT molecular complexity index is 250. The molecule has 2 aliphatic rings. The van der Waals surface area contributed by atoms with E-state index in [2.05, 4.69) is 0 Å². The molecule has 0 aromatic heterocycles. The van der Waals surface area contributed by atoms with E-state index >= 15 is 0 Å². The first-order valence-corrected chi connectivity index (χ1v) is 8.25. The van der Waals surface area contributed by atoms with E-state index in [1.807, 2.05) is 0 Å². The van der Waals surface area contributed by atoms with Gasteiger partial charge in [0.1, 0.15) is 0 Å². The van der Waals surface area contributed by atoms with Gasteiger partial charge < -0.3 is 0 Å². The standard InChI is InChI=1S/C7H12O2.C6H11.Co.O/c8-7(9)6-4-2-1-3-5-6;1-2-4-6-5-3-1;;/h6H,1-5H2,(H,8,9);1H,2-6H2;;/q;;+1;/p-1. The van der Waals surface area contributed by atoms with Gasteiger partial charge in [0.15, 0.2) is 0 Å². The molecule has 2 aliphatic carbocycles. The fraction of sp³-hybridized carbons (Fsp3) is 0.923. The van der Waals surface area contributed by atoms with Crippen LogP contribution in [0.2, 0.25) is 4.85 Å². The van der Waals surface area contributed by atoms with Crippen molar-refractivity contribution in [2.75, 3.05) is 0 Å². The second-order valence-corrected chi connectivity index (χ2v) is 6.86. The maximum atomic E-state index is 12.0. The van der Waals surface area contributed by atoms with E-state index in [0.29, 0.717) is 0 Å². The first-order valence-electron chi connectivity index (χ1n) is 6.79. The monoisotopic (exact) mass is 285 g/mol. The second-order valence-electron chi connectivity index (χ2n) is 5.13. The van der Waals surface area contributed by atoms with Crippen LogP contribution in [-0.4, -0.2) is 5.97 Å². The van der Waals surface area contributed by atoms with Gasteiger partial charge in [-0.15, -0.1) is 0 Å². The molecule has 17 heavy (non-hydrogen) atoms. The van der Waals surface area contributed by atoms with Crippen molar-refractivity contribution in [3.05, 3.63) is 0 Å². The van der Waals surface area contributed by atoms with Crippen molar-refractivity contribution >= 4 is 5.97 Å². The summed E-state index contributed by atoms with van der Waals surface area (Å²) in [4.78, 5) is 12.0. The molecule has 0 aliphatic heterocycles. The molecule has 4 heteroatoms. The first-order chi connectivity index (χ1) is 8.27. The average Bonchev–Trinajstić information content (AvgIpc) is 2.40. The van der Waals surface area contributed by atoms with Crippen LogP contribution in [0.15, 0.2) is 0 Å². The van der Waals surface area contributed by atoms with Crippen molar-refractivity contribution in [3.8, 4) is 0 Å². The van der Waals surface area contributed by atoms with Crippen molar-refractivity contribution in [1.29, 1.82) is 0 Å². The zero-order valence-electron chi connectivity index (χ0n) is 10.3. The zero-order chi connectivity index (χ0) is 12.1. The summed E-state index contributed by atoms with van der Waals surface area (Å²) in [7, 11) is 0. The molecular formula is C13H22CoO3. The van der Waals surface area contributed by atoms with Crippen LogP contribution < -0.4 is 0 Å². The molecule has 0 aromatic carbocycles. The SMILES string of the molecule is O=C([O][Co](=[O])[CH]1CCCCC1)C1CCCCC1. The predicted molar refractivity (Wildman–Crippen MR) is 60.2 cm³/mol. The molecule has 0 radical (unpaired) electrons. The van der Waals surface area contributed by atoms with E-state index in [-0.39, 0.29) is 16.7 Å². The number of carbonyl (C=O) groups excluding carboxylic acids is 1. The van der Waals surface area contributed by atoms with Crippen molar-refractivity contribution in [1.82, 2.24) is 0 Å². The van der Waals surface area contributed by atoms with Gasteiger partial charge >= 0.3 is 107 Å². The van der Waals surface area contributed by atoms with Gasteiger partial charge in [0.05, 0.1) is 0 Å². The Morgan fingerprint density at radius 3 is 2.00 bits per heavy atom. The van der Waals surface area contributed by atoms with E-state index in [1.54, 1.807) is 0 Å². The molecule has 2 saturated carbocycles. The molecule has 0 spiro atoms. The minimum absolute atomic E-state index is 0.0191. The molecule has 0 amide bonds. The molecule has 3 nitrogen and oxygen atoms in total. The van der Waals surface area contributed by atoms with Gasteiger partial charge in [-0.3, -0.25) is 0 Å². The summed E-state index contributed by atoms with van der Waals surface area (Å²) in [6.07, 6.45) is 10.7. The van der Waals surface area contributed by atoms with Crippen molar-refractivity contribution in [2.45, 2.75) is 69.1 Å². The molecule has 2 rings (SSSR count). The molecule has 0 N–H and O–H groups in total. The summed E-state index contributed by atoms with van der Waals surface area (Å²) in [6.45, 7) is 0. The van der Waals surface area contributed by atoms with Gasteiger partial charge in [0, 0.05) is 0 Å². The van der Waals surface area contributed by atoms with E-state index in [1.165, 1.54) is 12.8 Å². The number of rotatable bonds is 3. The molecule has 2 fully saturated rings. The molecular weight excluding hydrogens is 263 g/mol. The third-order valence-electron chi connectivity index (χ3n) is 3.80. The van der Waals surface area contributed by atoms with Gasteiger partial charge in [0.2, 0.25) is 0 Å². The normalized spacial score (nSPS) is 24.4. The third-order valence-corrected chi connectivity index (χ3v) is 5.52. The Morgan fingerprint density at radius 1 is 0.882 bits per heavy atom. The van der Waals surface area contributed by atoms with Gasteiger partial charge in [-0.2, -0.15) is 0 Å². The molecule has 0 unspecified atom stereocenters. The third kappa shape index (κ3) is 3.88. The summed E-state index contributed by atoms with van der Waals surface area (Å²) in [5, 5.41) is 0. The molecule has 0 bridgehead atoms. The Balaban J connectivity index is 1.78. The number of hydrogen-bond donors (Lipinski definition) is 0. The Hall–Kier alpha value is -0.224. The van der Waals surface area contributed by atoms with Gasteiger partial charge in [0.25, 0.3) is 0 Å². The van der Waals surface area contributed by atoms with Gasteiger partial charge in [-0.05, 0) is 0 Å². The fourth-order valence-corrected chi connectivity index (χ4v) is 4.18. The van der Waals surface area contributed by atoms with Crippen molar-refractivity contribution in [3.63, 3.8) is 0 Å². The van der Waals surface area contributed by atoms with Crippen LogP contribution in [0.5, 0.6) is 0 Å². The maximum absolute atomic E-state index is 12.0. The van der Waals surface area contributed by atoms with Crippen molar-refractivity contribution < 1.29 is 26.4 Å². The number of carbonyl (C=O) groups is 1. The summed E-state index contributed by atoms with van der Waals surface area (Å²) >= 11 is -1.74. The van der Waals surface area contributed by atoms with Crippen LogP contribution in [0.1, 0.15) is 64.2 Å². The fourth-order valence-electron chi connectivity index (χ4n) is 2.71. The van der Waals surface area contributed by atoms with Crippen LogP contribution in [-0.2, 0) is 26.4 Å². The Labute approximate surface area is 108 Å². The predicted octanol–water partition coefficient (Wildman–Crippen LogP) is 3.74. The summed E-state index contributed by atoms with van der Waals surface area (Å²) in [6, 6.07) is 0. The Kier molecular flexibility index (Phi) is 5.16. The van der Waals surface area contributed by atoms with E-state index in [9.17, 15) is 8.66 Å². The summed E-state index contributed by atoms with van der Waals surface area (Å²) in [5.74, 6) is -0.180. The molecule has 0 heterocycles. The zero-order valence-corrected chi connectivity index (χ0v) is 11.3. The Morgan fingerprint density at radius 2 is 1.41 bits per heavy atom. The molecule has 0 atom stereocenters. The molecule has 0 aromatic rings. The molecule has 101 valence electrons. The van der Waals surface area contributed by atoms with Crippen LogP contribution >= 0.6 is 0 Å². The summed E-state index contributed by atoms with van der Waals surface area (Å²) in [5.41, 5.74) is 0. The van der Waals surface area contributed by atoms with Crippen LogP contribution in [0.4, 0.5) is 0 Å². The first kappa shape index (κ1) is 13.2. The topological polar surface area (TPSA) is 43.4 Å². The van der Waals surface area contributed by atoms with Crippen LogP contribution in [0.25, 0.3) is 0 Å².